The molecule has 0 saturated heterocycles. The number of ether oxygens (including phenoxy) is 1. The highest BCUT2D eigenvalue weighted by Gasteiger charge is 2.23. The number of carbonyl (C=O) groups is 2. The van der Waals surface area contributed by atoms with Gasteiger partial charge in [-0.05, 0) is 38.5 Å². The van der Waals surface area contributed by atoms with Crippen molar-refractivity contribution in [2.45, 2.75) is 245 Å². The smallest absolute Gasteiger partial charge is 0.463 e. The number of allylic oxidation sites excluding steroid dienone is 2. The average Bonchev–Trinajstić information content (AvgIpc) is 3.18. The van der Waals surface area contributed by atoms with Gasteiger partial charge in [-0.2, -0.15) is 0 Å². The van der Waals surface area contributed by atoms with E-state index in [2.05, 4.69) is 31.3 Å². The lowest BCUT2D eigenvalue weighted by molar-refractivity contribution is -0.147. The van der Waals surface area contributed by atoms with Crippen molar-refractivity contribution in [1.29, 1.82) is 0 Å². The second kappa shape index (κ2) is 43.3. The minimum absolute atomic E-state index is 0.0854. The molecule has 0 bridgehead atoms. The summed E-state index contributed by atoms with van der Waals surface area (Å²) in [6.07, 6.45) is 45.7. The second-order valence-electron chi connectivity index (χ2n) is 16.1. The van der Waals surface area contributed by atoms with Crippen LogP contribution in [0.4, 0.5) is 0 Å². The van der Waals surface area contributed by atoms with Gasteiger partial charge in [0, 0.05) is 19.4 Å². The van der Waals surface area contributed by atoms with Gasteiger partial charge >= 0.3 is 13.8 Å². The number of carbonyl (C=O) groups excluding carboxylic acids is 2. The first-order chi connectivity index (χ1) is 27.3. The molecule has 0 aliphatic rings. The van der Waals surface area contributed by atoms with Crippen molar-refractivity contribution in [3.05, 3.63) is 12.2 Å². The van der Waals surface area contributed by atoms with Crippen LogP contribution in [-0.2, 0) is 27.9 Å². The molecule has 1 amide bonds. The number of hydrogen-bond donors (Lipinski definition) is 3. The summed E-state index contributed by atoms with van der Waals surface area (Å²) in [5.74, 6) is -0.506. The number of aliphatic hydroxyl groups excluding tert-OH is 1. The molecule has 56 heavy (non-hydrogen) atoms. The summed E-state index contributed by atoms with van der Waals surface area (Å²) in [5, 5.41) is 12.7. The van der Waals surface area contributed by atoms with Crippen LogP contribution in [0.15, 0.2) is 12.2 Å². The van der Waals surface area contributed by atoms with E-state index < -0.39 is 26.5 Å². The van der Waals surface area contributed by atoms with Crippen molar-refractivity contribution in [3.63, 3.8) is 0 Å². The fourth-order valence-electron chi connectivity index (χ4n) is 6.85. The third-order valence-electron chi connectivity index (χ3n) is 10.4. The highest BCUT2D eigenvalue weighted by molar-refractivity contribution is 7.47. The lowest BCUT2D eigenvalue weighted by Gasteiger charge is -2.15. The molecule has 2 atom stereocenters. The Balaban J connectivity index is 3.53. The minimum Gasteiger partial charge on any atom is -0.463 e. The number of amides is 1. The zero-order chi connectivity index (χ0) is 41.1. The molecule has 0 heterocycles. The van der Waals surface area contributed by atoms with Crippen molar-refractivity contribution >= 4 is 19.7 Å². The molecule has 0 radical (unpaired) electrons. The predicted molar refractivity (Wildman–Crippen MR) is 234 cm³/mol. The maximum absolute atomic E-state index is 12.1. The van der Waals surface area contributed by atoms with E-state index in [-0.39, 0.29) is 32.1 Å². The van der Waals surface area contributed by atoms with Gasteiger partial charge in [-0.1, -0.05) is 199 Å². The lowest BCUT2D eigenvalue weighted by Crippen LogP contribution is -2.27. The average molecular weight is 816 g/mol. The molecular weight excluding hydrogens is 725 g/mol. The number of unbranched alkanes of at least 4 members (excludes halogenated alkanes) is 30. The first kappa shape index (κ1) is 54.8. The van der Waals surface area contributed by atoms with E-state index >= 15 is 0 Å². The van der Waals surface area contributed by atoms with Gasteiger partial charge in [0.25, 0.3) is 0 Å². The van der Waals surface area contributed by atoms with Gasteiger partial charge in [0.1, 0.15) is 12.7 Å². The van der Waals surface area contributed by atoms with Crippen LogP contribution in [0.25, 0.3) is 0 Å². The van der Waals surface area contributed by atoms with Crippen LogP contribution in [0.5, 0.6) is 0 Å². The maximum Gasteiger partial charge on any atom is 0.472 e. The van der Waals surface area contributed by atoms with Crippen LogP contribution in [0.3, 0.4) is 0 Å². The summed E-state index contributed by atoms with van der Waals surface area (Å²) in [5.41, 5.74) is 0. The SMILES string of the molecule is CCCCCCCC/C=C/CCCCCCCCCCCCCC(=O)NCCOP(=O)(O)OCC(O)COC(=O)CCCCCCCCCCCCCCCC. The van der Waals surface area contributed by atoms with Crippen LogP contribution >= 0.6 is 7.82 Å². The van der Waals surface area contributed by atoms with E-state index in [0.717, 1.165) is 38.5 Å². The fraction of sp³-hybridized carbons (Fsp3) is 0.913. The first-order valence-electron chi connectivity index (χ1n) is 23.7. The normalized spacial score (nSPS) is 13.3. The van der Waals surface area contributed by atoms with Crippen LogP contribution < -0.4 is 5.32 Å². The summed E-state index contributed by atoms with van der Waals surface area (Å²) in [6.45, 7) is 3.59. The number of rotatable bonds is 45. The summed E-state index contributed by atoms with van der Waals surface area (Å²) in [7, 11) is -4.41. The predicted octanol–water partition coefficient (Wildman–Crippen LogP) is 13.4. The van der Waals surface area contributed by atoms with Crippen molar-refractivity contribution in [3.8, 4) is 0 Å². The fourth-order valence-corrected chi connectivity index (χ4v) is 7.60. The molecule has 0 aromatic carbocycles. The zero-order valence-corrected chi connectivity index (χ0v) is 37.5. The monoisotopic (exact) mass is 816 g/mol. The summed E-state index contributed by atoms with van der Waals surface area (Å²) in [4.78, 5) is 34.0. The van der Waals surface area contributed by atoms with Gasteiger partial charge in [0.05, 0.1) is 13.2 Å². The van der Waals surface area contributed by atoms with Gasteiger partial charge in [-0.25, -0.2) is 4.57 Å². The quantitative estimate of drug-likeness (QED) is 0.0240. The Morgan fingerprint density at radius 1 is 0.536 bits per heavy atom. The molecule has 0 aliphatic carbocycles. The maximum atomic E-state index is 12.1. The van der Waals surface area contributed by atoms with E-state index in [1.165, 1.54) is 173 Å². The molecule has 10 heteroatoms. The summed E-state index contributed by atoms with van der Waals surface area (Å²) in [6, 6.07) is 0. The summed E-state index contributed by atoms with van der Waals surface area (Å²) < 4.78 is 26.9. The largest absolute Gasteiger partial charge is 0.472 e. The van der Waals surface area contributed by atoms with E-state index in [4.69, 9.17) is 13.8 Å². The third kappa shape index (κ3) is 43.9. The molecule has 0 aromatic rings. The Morgan fingerprint density at radius 3 is 1.34 bits per heavy atom. The Labute approximate surface area is 345 Å². The standard InChI is InChI=1S/C46H90NO8P/c1-3-5-7-9-11-13-15-17-19-20-21-22-23-24-25-26-28-30-32-34-36-38-45(49)47-40-41-54-56(51,52)55-43-44(48)42-53-46(50)39-37-35-33-31-29-27-18-16-14-12-10-8-6-4-2/h17,19,44,48H,3-16,18,20-43H2,1-2H3,(H,47,49)(H,51,52)/b19-17+. The highest BCUT2D eigenvalue weighted by atomic mass is 31.2. The molecule has 332 valence electrons. The molecule has 3 N–H and O–H groups in total. The van der Waals surface area contributed by atoms with Crippen LogP contribution in [0.1, 0.15) is 239 Å². The number of esters is 1. The second-order valence-corrected chi connectivity index (χ2v) is 17.5. The van der Waals surface area contributed by atoms with E-state index in [0.29, 0.717) is 6.42 Å². The van der Waals surface area contributed by atoms with Crippen molar-refractivity contribution in [1.82, 2.24) is 5.32 Å². The van der Waals surface area contributed by atoms with Crippen molar-refractivity contribution in [2.75, 3.05) is 26.4 Å². The van der Waals surface area contributed by atoms with Gasteiger partial charge in [0.2, 0.25) is 5.91 Å². The zero-order valence-electron chi connectivity index (χ0n) is 36.6. The molecule has 0 aliphatic heterocycles. The van der Waals surface area contributed by atoms with E-state index in [1.807, 2.05) is 0 Å². The number of phosphoric acid groups is 1. The van der Waals surface area contributed by atoms with Crippen LogP contribution in [0, 0.1) is 0 Å². The molecule has 0 rings (SSSR count). The third-order valence-corrected chi connectivity index (χ3v) is 11.4. The number of nitrogens with one attached hydrogen (secondary N) is 1. The molecule has 2 unspecified atom stereocenters. The van der Waals surface area contributed by atoms with E-state index in [9.17, 15) is 24.2 Å². The topological polar surface area (TPSA) is 131 Å². The molecule has 0 spiro atoms. The Bertz CT molecular complexity index is 933. The number of aliphatic hydroxyl groups is 1. The number of hydrogen-bond acceptors (Lipinski definition) is 7. The summed E-state index contributed by atoms with van der Waals surface area (Å²) >= 11 is 0. The lowest BCUT2D eigenvalue weighted by atomic mass is 10.0. The molecule has 9 nitrogen and oxygen atoms in total. The van der Waals surface area contributed by atoms with Gasteiger partial charge < -0.3 is 20.1 Å². The van der Waals surface area contributed by atoms with Gasteiger partial charge in [-0.15, -0.1) is 0 Å². The Hall–Kier alpha value is -1.25. The van der Waals surface area contributed by atoms with E-state index in [1.54, 1.807) is 0 Å². The number of phosphoric ester groups is 1. The van der Waals surface area contributed by atoms with Crippen molar-refractivity contribution in [2.24, 2.45) is 0 Å². The van der Waals surface area contributed by atoms with Crippen LogP contribution in [-0.4, -0.2) is 54.3 Å². The Kier molecular flexibility index (Phi) is 42.4. The molecular formula is C46H90NO8P. The molecule has 0 saturated carbocycles. The molecule has 0 aromatic heterocycles. The van der Waals surface area contributed by atoms with Gasteiger partial charge in [0.15, 0.2) is 0 Å². The Morgan fingerprint density at radius 2 is 0.911 bits per heavy atom. The minimum atomic E-state index is -4.41. The van der Waals surface area contributed by atoms with Crippen molar-refractivity contribution < 1.29 is 37.9 Å². The van der Waals surface area contributed by atoms with Crippen LogP contribution in [0.2, 0.25) is 0 Å². The van der Waals surface area contributed by atoms with Gasteiger partial charge in [-0.3, -0.25) is 18.6 Å². The first-order valence-corrected chi connectivity index (χ1v) is 25.2. The molecule has 0 fully saturated rings. The highest BCUT2D eigenvalue weighted by Crippen LogP contribution is 2.42.